The Hall–Kier alpha value is -3.02. The molecule has 0 heterocycles. The summed E-state index contributed by atoms with van der Waals surface area (Å²) in [6.45, 7) is 5.73. The van der Waals surface area contributed by atoms with Gasteiger partial charge < -0.3 is 20.5 Å². The highest BCUT2D eigenvalue weighted by atomic mass is 16.6. The van der Waals surface area contributed by atoms with E-state index in [9.17, 15) is 9.59 Å². The SMILES string of the molecule is CC(C)(C)OC(=O)NC(Cc1ccc(OCc2ccccc2)cc1)C(N)=O. The largest absolute Gasteiger partial charge is 0.489 e. The molecule has 0 saturated carbocycles. The number of hydrogen-bond donors (Lipinski definition) is 2. The maximum Gasteiger partial charge on any atom is 0.408 e. The third-order valence-corrected chi connectivity index (χ3v) is 3.65. The van der Waals surface area contributed by atoms with Gasteiger partial charge in [0.15, 0.2) is 0 Å². The molecule has 2 amide bonds. The molecule has 0 radical (unpaired) electrons. The van der Waals surface area contributed by atoms with Gasteiger partial charge in [-0.3, -0.25) is 4.79 Å². The van der Waals surface area contributed by atoms with Gasteiger partial charge in [-0.05, 0) is 44.0 Å². The molecule has 0 aliphatic carbocycles. The molecule has 0 bridgehead atoms. The van der Waals surface area contributed by atoms with Crippen LogP contribution in [0.4, 0.5) is 4.79 Å². The minimum absolute atomic E-state index is 0.271. The second-order valence-electron chi connectivity index (χ2n) is 7.22. The third-order valence-electron chi connectivity index (χ3n) is 3.65. The minimum atomic E-state index is -0.851. The zero-order chi connectivity index (χ0) is 19.9. The van der Waals surface area contributed by atoms with E-state index in [-0.39, 0.29) is 6.42 Å². The van der Waals surface area contributed by atoms with Crippen LogP contribution in [0, 0.1) is 0 Å². The summed E-state index contributed by atoms with van der Waals surface area (Å²) in [6, 6.07) is 16.3. The number of hydrogen-bond acceptors (Lipinski definition) is 4. The van der Waals surface area contributed by atoms with Crippen LogP contribution in [0.5, 0.6) is 5.75 Å². The summed E-state index contributed by atoms with van der Waals surface area (Å²) < 4.78 is 10.9. The minimum Gasteiger partial charge on any atom is -0.489 e. The summed E-state index contributed by atoms with van der Waals surface area (Å²) in [5.41, 5.74) is 6.69. The van der Waals surface area contributed by atoms with Crippen molar-refractivity contribution in [2.45, 2.75) is 45.4 Å². The van der Waals surface area contributed by atoms with Gasteiger partial charge in [0, 0.05) is 6.42 Å². The van der Waals surface area contributed by atoms with Crippen LogP contribution in [-0.4, -0.2) is 23.6 Å². The Morgan fingerprint density at radius 3 is 2.19 bits per heavy atom. The summed E-state index contributed by atoms with van der Waals surface area (Å²) >= 11 is 0. The van der Waals surface area contributed by atoms with Gasteiger partial charge in [0.1, 0.15) is 24.0 Å². The van der Waals surface area contributed by atoms with E-state index in [2.05, 4.69) is 5.32 Å². The molecule has 6 heteroatoms. The van der Waals surface area contributed by atoms with Crippen molar-refractivity contribution in [3.05, 3.63) is 65.7 Å². The molecule has 3 N–H and O–H groups in total. The van der Waals surface area contributed by atoms with Gasteiger partial charge in [-0.15, -0.1) is 0 Å². The number of carbonyl (C=O) groups excluding carboxylic acids is 2. The molecule has 6 nitrogen and oxygen atoms in total. The molecule has 0 aliphatic rings. The normalized spacial score (nSPS) is 12.1. The fourth-order valence-electron chi connectivity index (χ4n) is 2.37. The van der Waals surface area contributed by atoms with Crippen LogP contribution >= 0.6 is 0 Å². The first-order valence-corrected chi connectivity index (χ1v) is 8.77. The quantitative estimate of drug-likeness (QED) is 0.783. The van der Waals surface area contributed by atoms with E-state index < -0.39 is 23.6 Å². The predicted octanol–water partition coefficient (Wildman–Crippen LogP) is 3.19. The number of amides is 2. The van der Waals surface area contributed by atoms with Gasteiger partial charge in [-0.1, -0.05) is 42.5 Å². The monoisotopic (exact) mass is 370 g/mol. The number of ether oxygens (including phenoxy) is 2. The average molecular weight is 370 g/mol. The molecule has 144 valence electrons. The van der Waals surface area contributed by atoms with Crippen molar-refractivity contribution in [1.29, 1.82) is 0 Å². The number of nitrogens with one attached hydrogen (secondary N) is 1. The fraction of sp³-hybridized carbons (Fsp3) is 0.333. The molecule has 0 saturated heterocycles. The highest BCUT2D eigenvalue weighted by Crippen LogP contribution is 2.16. The highest BCUT2D eigenvalue weighted by Gasteiger charge is 2.23. The maximum atomic E-state index is 11.9. The number of carbonyl (C=O) groups is 2. The van der Waals surface area contributed by atoms with Gasteiger partial charge in [-0.2, -0.15) is 0 Å². The lowest BCUT2D eigenvalue weighted by Crippen LogP contribution is -2.47. The highest BCUT2D eigenvalue weighted by molar-refractivity contribution is 5.84. The van der Waals surface area contributed by atoms with Crippen molar-refractivity contribution in [2.24, 2.45) is 5.73 Å². The molecule has 2 rings (SSSR count). The Balaban J connectivity index is 1.92. The van der Waals surface area contributed by atoms with E-state index in [4.69, 9.17) is 15.2 Å². The topological polar surface area (TPSA) is 90.7 Å². The molecule has 27 heavy (non-hydrogen) atoms. The van der Waals surface area contributed by atoms with Gasteiger partial charge >= 0.3 is 6.09 Å². The van der Waals surface area contributed by atoms with Crippen LogP contribution in [0.25, 0.3) is 0 Å². The van der Waals surface area contributed by atoms with Gasteiger partial charge in [0.25, 0.3) is 0 Å². The standard InChI is InChI=1S/C21H26N2O4/c1-21(2,3)27-20(25)23-18(19(22)24)13-15-9-11-17(12-10-15)26-14-16-7-5-4-6-8-16/h4-12,18H,13-14H2,1-3H3,(H2,22,24)(H,23,25). The molecule has 1 unspecified atom stereocenters. The van der Waals surface area contributed by atoms with E-state index in [1.165, 1.54) is 0 Å². The number of alkyl carbamates (subject to hydrolysis) is 1. The molecule has 0 spiro atoms. The summed E-state index contributed by atoms with van der Waals surface area (Å²) in [5, 5.41) is 2.52. The Morgan fingerprint density at radius 1 is 1.00 bits per heavy atom. The molecule has 2 aromatic rings. The Morgan fingerprint density at radius 2 is 1.63 bits per heavy atom. The van der Waals surface area contributed by atoms with Gasteiger partial charge in [-0.25, -0.2) is 4.79 Å². The third kappa shape index (κ3) is 7.40. The van der Waals surface area contributed by atoms with Crippen molar-refractivity contribution >= 4 is 12.0 Å². The molecular weight excluding hydrogens is 344 g/mol. The van der Waals surface area contributed by atoms with Gasteiger partial charge in [0.2, 0.25) is 5.91 Å². The van der Waals surface area contributed by atoms with Crippen LogP contribution in [0.15, 0.2) is 54.6 Å². The molecule has 0 aliphatic heterocycles. The van der Waals surface area contributed by atoms with Crippen molar-refractivity contribution in [1.82, 2.24) is 5.32 Å². The second-order valence-corrected chi connectivity index (χ2v) is 7.22. The summed E-state index contributed by atoms with van der Waals surface area (Å²) in [6.07, 6.45) is -0.401. The Labute approximate surface area is 159 Å². The zero-order valence-corrected chi connectivity index (χ0v) is 15.9. The second kappa shape index (κ2) is 9.07. The van der Waals surface area contributed by atoms with Gasteiger partial charge in [0.05, 0.1) is 0 Å². The Kier molecular flexibility index (Phi) is 6.82. The van der Waals surface area contributed by atoms with Crippen molar-refractivity contribution < 1.29 is 19.1 Å². The van der Waals surface area contributed by atoms with Crippen LogP contribution in [0.2, 0.25) is 0 Å². The summed E-state index contributed by atoms with van der Waals surface area (Å²) in [5.74, 6) is 0.101. The number of primary amides is 1. The molecule has 0 aromatic heterocycles. The van der Waals surface area contributed by atoms with Crippen LogP contribution < -0.4 is 15.8 Å². The zero-order valence-electron chi connectivity index (χ0n) is 15.9. The van der Waals surface area contributed by atoms with Crippen LogP contribution in [0.1, 0.15) is 31.9 Å². The first kappa shape index (κ1) is 20.3. The fourth-order valence-corrected chi connectivity index (χ4v) is 2.37. The smallest absolute Gasteiger partial charge is 0.408 e. The van der Waals surface area contributed by atoms with E-state index in [0.29, 0.717) is 6.61 Å². The summed E-state index contributed by atoms with van der Waals surface area (Å²) in [7, 11) is 0. The maximum absolute atomic E-state index is 11.9. The van der Waals surface area contributed by atoms with Crippen LogP contribution in [0.3, 0.4) is 0 Å². The average Bonchev–Trinajstić information content (AvgIpc) is 2.60. The van der Waals surface area contributed by atoms with Crippen molar-refractivity contribution in [3.8, 4) is 5.75 Å². The van der Waals surface area contributed by atoms with E-state index in [1.807, 2.05) is 54.6 Å². The molecular formula is C21H26N2O4. The molecule has 1 atom stereocenters. The first-order chi connectivity index (χ1) is 12.7. The van der Waals surface area contributed by atoms with E-state index in [0.717, 1.165) is 16.9 Å². The Bertz CT molecular complexity index is 752. The summed E-state index contributed by atoms with van der Waals surface area (Å²) in [4.78, 5) is 23.5. The lowest BCUT2D eigenvalue weighted by Gasteiger charge is -2.22. The molecule has 2 aromatic carbocycles. The van der Waals surface area contributed by atoms with Crippen molar-refractivity contribution in [3.63, 3.8) is 0 Å². The van der Waals surface area contributed by atoms with Crippen molar-refractivity contribution in [2.75, 3.05) is 0 Å². The molecule has 0 fully saturated rings. The van der Waals surface area contributed by atoms with E-state index >= 15 is 0 Å². The lowest BCUT2D eigenvalue weighted by molar-refractivity contribution is -0.120. The van der Waals surface area contributed by atoms with Crippen LogP contribution in [-0.2, 0) is 22.6 Å². The predicted molar refractivity (Wildman–Crippen MR) is 103 cm³/mol. The number of rotatable bonds is 7. The number of nitrogens with two attached hydrogens (primary N) is 1. The first-order valence-electron chi connectivity index (χ1n) is 8.77. The number of benzene rings is 2. The lowest BCUT2D eigenvalue weighted by atomic mass is 10.1. The van der Waals surface area contributed by atoms with E-state index in [1.54, 1.807) is 20.8 Å².